The van der Waals surface area contributed by atoms with Gasteiger partial charge in [0.15, 0.2) is 0 Å². The van der Waals surface area contributed by atoms with E-state index in [4.69, 9.17) is 5.26 Å². The van der Waals surface area contributed by atoms with Crippen molar-refractivity contribution in [2.75, 3.05) is 0 Å². The van der Waals surface area contributed by atoms with Gasteiger partial charge in [0, 0.05) is 6.42 Å². The second-order valence-corrected chi connectivity index (χ2v) is 5.92. The predicted octanol–water partition coefficient (Wildman–Crippen LogP) is 1.27. The van der Waals surface area contributed by atoms with Crippen LogP contribution >= 0.6 is 0 Å². The summed E-state index contributed by atoms with van der Waals surface area (Å²) in [5.41, 5.74) is 0.911. The Morgan fingerprint density at radius 3 is 2.95 bits per heavy atom. The van der Waals surface area contributed by atoms with Gasteiger partial charge < -0.3 is 10.6 Å². The van der Waals surface area contributed by atoms with Crippen LogP contribution in [0.25, 0.3) is 0 Å². The second-order valence-electron chi connectivity index (χ2n) is 5.92. The Kier molecular flexibility index (Phi) is 4.27. The number of hydrogen-bond acceptors (Lipinski definition) is 3. The van der Waals surface area contributed by atoms with Gasteiger partial charge in [-0.1, -0.05) is 12.1 Å². The van der Waals surface area contributed by atoms with Gasteiger partial charge in [0.2, 0.25) is 11.8 Å². The van der Waals surface area contributed by atoms with Crippen molar-refractivity contribution < 1.29 is 9.59 Å². The lowest BCUT2D eigenvalue weighted by atomic mass is 9.86. The fourth-order valence-electron chi connectivity index (χ4n) is 2.58. The highest BCUT2D eigenvalue weighted by Crippen LogP contribution is 2.19. The normalized spacial score (nSPS) is 20.2. The van der Waals surface area contributed by atoms with E-state index < -0.39 is 5.54 Å². The van der Waals surface area contributed by atoms with Crippen LogP contribution in [0.3, 0.4) is 0 Å². The summed E-state index contributed by atoms with van der Waals surface area (Å²) < 4.78 is 0. The standard InChI is InChI=1S/C16H19N3O2/c1-16(2)13(6-7-14(20)19-16)18-15(21)9-11-4-3-5-12(8-11)10-17/h3-5,8,13H,6-7,9H2,1-2H3,(H,18,21)(H,19,20). The number of benzene rings is 1. The molecule has 1 heterocycles. The minimum Gasteiger partial charge on any atom is -0.351 e. The molecule has 2 N–H and O–H groups in total. The van der Waals surface area contributed by atoms with E-state index in [9.17, 15) is 9.59 Å². The maximum atomic E-state index is 12.1. The Morgan fingerprint density at radius 2 is 2.29 bits per heavy atom. The van der Waals surface area contributed by atoms with Gasteiger partial charge in [-0.25, -0.2) is 0 Å². The maximum Gasteiger partial charge on any atom is 0.224 e. The summed E-state index contributed by atoms with van der Waals surface area (Å²) in [5, 5.41) is 14.7. The topological polar surface area (TPSA) is 82.0 Å². The first-order chi connectivity index (χ1) is 9.90. The van der Waals surface area contributed by atoms with Crippen LogP contribution in [0.2, 0.25) is 0 Å². The van der Waals surface area contributed by atoms with Gasteiger partial charge in [0.05, 0.1) is 29.6 Å². The second kappa shape index (κ2) is 5.96. The summed E-state index contributed by atoms with van der Waals surface area (Å²) in [7, 11) is 0. The van der Waals surface area contributed by atoms with Crippen molar-refractivity contribution in [3.05, 3.63) is 35.4 Å². The van der Waals surface area contributed by atoms with E-state index in [1.54, 1.807) is 18.2 Å². The van der Waals surface area contributed by atoms with E-state index in [-0.39, 0.29) is 24.3 Å². The third-order valence-electron chi connectivity index (χ3n) is 3.75. The highest BCUT2D eigenvalue weighted by atomic mass is 16.2. The molecule has 1 aliphatic rings. The van der Waals surface area contributed by atoms with Gasteiger partial charge in [-0.15, -0.1) is 0 Å². The summed E-state index contributed by atoms with van der Waals surface area (Å²) in [6, 6.07) is 9.00. The summed E-state index contributed by atoms with van der Waals surface area (Å²) in [4.78, 5) is 23.6. The van der Waals surface area contributed by atoms with E-state index in [1.165, 1.54) is 0 Å². The first-order valence-electron chi connectivity index (χ1n) is 7.00. The van der Waals surface area contributed by atoms with Crippen molar-refractivity contribution >= 4 is 11.8 Å². The van der Waals surface area contributed by atoms with Gasteiger partial charge in [-0.3, -0.25) is 9.59 Å². The van der Waals surface area contributed by atoms with Gasteiger partial charge in [0.1, 0.15) is 0 Å². The Hall–Kier alpha value is -2.35. The molecule has 0 saturated carbocycles. The number of amides is 2. The number of piperidine rings is 1. The molecule has 1 saturated heterocycles. The summed E-state index contributed by atoms with van der Waals surface area (Å²) >= 11 is 0. The lowest BCUT2D eigenvalue weighted by Gasteiger charge is -2.39. The number of carbonyl (C=O) groups excluding carboxylic acids is 2. The van der Waals surface area contributed by atoms with Gasteiger partial charge >= 0.3 is 0 Å². The molecule has 1 atom stereocenters. The predicted molar refractivity (Wildman–Crippen MR) is 78.2 cm³/mol. The van der Waals surface area contributed by atoms with Crippen molar-refractivity contribution in [1.29, 1.82) is 5.26 Å². The van der Waals surface area contributed by atoms with Crippen LogP contribution in [0.4, 0.5) is 0 Å². The first kappa shape index (κ1) is 15.0. The SMILES string of the molecule is CC1(C)NC(=O)CCC1NC(=O)Cc1cccc(C#N)c1. The van der Waals surface area contributed by atoms with Crippen molar-refractivity contribution in [3.63, 3.8) is 0 Å². The Morgan fingerprint density at radius 1 is 1.52 bits per heavy atom. The van der Waals surface area contributed by atoms with Crippen molar-refractivity contribution in [3.8, 4) is 6.07 Å². The number of nitriles is 1. The molecule has 0 spiro atoms. The number of nitrogens with zero attached hydrogens (tertiary/aromatic N) is 1. The number of nitrogens with one attached hydrogen (secondary N) is 2. The average Bonchev–Trinajstić information content (AvgIpc) is 2.41. The lowest BCUT2D eigenvalue weighted by Crippen LogP contribution is -2.62. The highest BCUT2D eigenvalue weighted by molar-refractivity contribution is 5.81. The molecular weight excluding hydrogens is 266 g/mol. The molecule has 1 aromatic carbocycles. The van der Waals surface area contributed by atoms with Crippen molar-refractivity contribution in [1.82, 2.24) is 10.6 Å². The molecule has 1 aliphatic heterocycles. The van der Waals surface area contributed by atoms with Crippen LogP contribution in [-0.2, 0) is 16.0 Å². The molecule has 21 heavy (non-hydrogen) atoms. The van der Waals surface area contributed by atoms with E-state index in [1.807, 2.05) is 19.9 Å². The highest BCUT2D eigenvalue weighted by Gasteiger charge is 2.36. The van der Waals surface area contributed by atoms with Crippen LogP contribution in [0.1, 0.15) is 37.8 Å². The fourth-order valence-corrected chi connectivity index (χ4v) is 2.58. The van der Waals surface area contributed by atoms with Crippen LogP contribution in [0.15, 0.2) is 24.3 Å². The fraction of sp³-hybridized carbons (Fsp3) is 0.438. The van der Waals surface area contributed by atoms with Gasteiger partial charge in [0.25, 0.3) is 0 Å². The van der Waals surface area contributed by atoms with Crippen LogP contribution in [0.5, 0.6) is 0 Å². The van der Waals surface area contributed by atoms with Crippen LogP contribution < -0.4 is 10.6 Å². The molecule has 0 bridgehead atoms. The summed E-state index contributed by atoms with van der Waals surface area (Å²) in [5.74, 6) is -0.0773. The number of rotatable bonds is 3. The first-order valence-corrected chi connectivity index (χ1v) is 7.00. The summed E-state index contributed by atoms with van der Waals surface area (Å²) in [6.45, 7) is 3.82. The van der Waals surface area contributed by atoms with Gasteiger partial charge in [-0.2, -0.15) is 5.26 Å². The molecule has 110 valence electrons. The van der Waals surface area contributed by atoms with E-state index in [2.05, 4.69) is 16.7 Å². The molecule has 1 unspecified atom stereocenters. The largest absolute Gasteiger partial charge is 0.351 e. The Bertz CT molecular complexity index is 602. The monoisotopic (exact) mass is 285 g/mol. The van der Waals surface area contributed by atoms with Gasteiger partial charge in [-0.05, 0) is 38.0 Å². The van der Waals surface area contributed by atoms with E-state index >= 15 is 0 Å². The molecule has 2 rings (SSSR count). The quantitative estimate of drug-likeness (QED) is 0.877. The molecular formula is C16H19N3O2. The average molecular weight is 285 g/mol. The van der Waals surface area contributed by atoms with Crippen molar-refractivity contribution in [2.45, 2.75) is 44.7 Å². The zero-order valence-electron chi connectivity index (χ0n) is 12.3. The van der Waals surface area contributed by atoms with E-state index in [0.29, 0.717) is 18.4 Å². The Balaban J connectivity index is 1.98. The zero-order chi connectivity index (χ0) is 15.5. The molecule has 5 heteroatoms. The number of carbonyl (C=O) groups is 2. The molecule has 2 amide bonds. The maximum absolute atomic E-state index is 12.1. The van der Waals surface area contributed by atoms with Crippen molar-refractivity contribution in [2.24, 2.45) is 0 Å². The summed E-state index contributed by atoms with van der Waals surface area (Å²) in [6.07, 6.45) is 1.30. The molecule has 5 nitrogen and oxygen atoms in total. The lowest BCUT2D eigenvalue weighted by molar-refractivity contribution is -0.128. The third kappa shape index (κ3) is 3.82. The van der Waals surface area contributed by atoms with Crippen LogP contribution in [0, 0.1) is 11.3 Å². The smallest absolute Gasteiger partial charge is 0.224 e. The Labute approximate surface area is 124 Å². The minimum atomic E-state index is -0.445. The third-order valence-corrected chi connectivity index (χ3v) is 3.75. The molecule has 0 aliphatic carbocycles. The minimum absolute atomic E-state index is 0.0206. The zero-order valence-corrected chi connectivity index (χ0v) is 12.3. The molecule has 1 aromatic rings. The molecule has 0 aromatic heterocycles. The molecule has 1 fully saturated rings. The number of hydrogen-bond donors (Lipinski definition) is 2. The van der Waals surface area contributed by atoms with Crippen LogP contribution in [-0.4, -0.2) is 23.4 Å². The molecule has 0 radical (unpaired) electrons. The van der Waals surface area contributed by atoms with E-state index in [0.717, 1.165) is 5.56 Å².